The van der Waals surface area contributed by atoms with Crippen molar-refractivity contribution in [3.63, 3.8) is 0 Å². The lowest BCUT2D eigenvalue weighted by Crippen LogP contribution is -2.15. The van der Waals surface area contributed by atoms with Crippen LogP contribution in [0.3, 0.4) is 0 Å². The van der Waals surface area contributed by atoms with Crippen molar-refractivity contribution in [1.29, 1.82) is 0 Å². The van der Waals surface area contributed by atoms with E-state index in [2.05, 4.69) is 6.58 Å². The van der Waals surface area contributed by atoms with Gasteiger partial charge in [-0.25, -0.2) is 0 Å². The van der Waals surface area contributed by atoms with E-state index in [1.807, 2.05) is 6.92 Å². The first kappa shape index (κ1) is 11.3. The van der Waals surface area contributed by atoms with E-state index in [0.29, 0.717) is 16.7 Å². The van der Waals surface area contributed by atoms with Gasteiger partial charge in [-0.1, -0.05) is 48.6 Å². The lowest BCUT2D eigenvalue weighted by molar-refractivity contribution is 0.0987. The summed E-state index contributed by atoms with van der Waals surface area (Å²) in [5, 5.41) is 0. The molecule has 0 heterocycles. The predicted molar refractivity (Wildman–Crippen MR) is 67.1 cm³/mol. The first-order valence-electron chi connectivity index (χ1n) is 5.33. The molecule has 0 aromatic heterocycles. The Kier molecular flexibility index (Phi) is 2.88. The van der Waals surface area contributed by atoms with E-state index in [1.54, 1.807) is 36.4 Å². The molecule has 0 spiro atoms. The minimum Gasteiger partial charge on any atom is -0.289 e. The summed E-state index contributed by atoms with van der Waals surface area (Å²) in [7, 11) is 0. The second kappa shape index (κ2) is 4.34. The van der Waals surface area contributed by atoms with Gasteiger partial charge in [0, 0.05) is 16.7 Å². The van der Waals surface area contributed by atoms with E-state index in [4.69, 9.17) is 0 Å². The summed E-state index contributed by atoms with van der Waals surface area (Å²) in [5.74, 6) is -0.237. The molecule has 0 saturated carbocycles. The van der Waals surface area contributed by atoms with Gasteiger partial charge in [0.1, 0.15) is 0 Å². The van der Waals surface area contributed by atoms with E-state index < -0.39 is 0 Å². The number of Topliss-reactive ketones (excluding diaryl/α,β-unsaturated/α-hetero) is 1. The maximum absolute atomic E-state index is 12.1. The maximum Gasteiger partial charge on any atom is 0.193 e. The second-order valence-corrected chi connectivity index (χ2v) is 4.02. The topological polar surface area (TPSA) is 34.1 Å². The van der Waals surface area contributed by atoms with Gasteiger partial charge in [-0.2, -0.15) is 0 Å². The monoisotopic (exact) mass is 224 g/mol. The largest absolute Gasteiger partial charge is 0.289 e. The number of rotatable bonds is 2. The highest BCUT2D eigenvalue weighted by molar-refractivity contribution is 6.25. The molecule has 0 N–H and O–H groups in total. The maximum atomic E-state index is 12.1. The SMILES string of the molecule is C=C(C)C=CC1=CC(=O)c2ccccc2C1=O. The van der Waals surface area contributed by atoms with Gasteiger partial charge < -0.3 is 0 Å². The van der Waals surface area contributed by atoms with Crippen LogP contribution in [0.25, 0.3) is 0 Å². The molecule has 0 radical (unpaired) electrons. The van der Waals surface area contributed by atoms with Crippen LogP contribution >= 0.6 is 0 Å². The zero-order valence-corrected chi connectivity index (χ0v) is 9.57. The van der Waals surface area contributed by atoms with Crippen LogP contribution in [0.1, 0.15) is 27.6 Å². The number of hydrogen-bond acceptors (Lipinski definition) is 2. The first-order valence-corrected chi connectivity index (χ1v) is 5.33. The fourth-order valence-electron chi connectivity index (χ4n) is 1.69. The fourth-order valence-corrected chi connectivity index (χ4v) is 1.69. The van der Waals surface area contributed by atoms with Crippen molar-refractivity contribution < 1.29 is 9.59 Å². The average molecular weight is 224 g/mol. The Morgan fingerprint density at radius 3 is 2.47 bits per heavy atom. The molecular formula is C15H12O2. The Morgan fingerprint density at radius 1 is 1.18 bits per heavy atom. The van der Waals surface area contributed by atoms with Gasteiger partial charge >= 0.3 is 0 Å². The van der Waals surface area contributed by atoms with Gasteiger partial charge in [0.25, 0.3) is 0 Å². The third-order valence-corrected chi connectivity index (χ3v) is 2.53. The van der Waals surface area contributed by atoms with E-state index in [0.717, 1.165) is 5.57 Å². The van der Waals surface area contributed by atoms with Crippen LogP contribution in [0.4, 0.5) is 0 Å². The summed E-state index contributed by atoms with van der Waals surface area (Å²) < 4.78 is 0. The minimum atomic E-state index is -0.124. The summed E-state index contributed by atoms with van der Waals surface area (Å²) in [5.41, 5.74) is 2.20. The van der Waals surface area contributed by atoms with Crippen molar-refractivity contribution in [2.75, 3.05) is 0 Å². The number of benzene rings is 1. The molecule has 0 atom stereocenters. The smallest absolute Gasteiger partial charge is 0.193 e. The molecule has 2 rings (SSSR count). The van der Waals surface area contributed by atoms with Gasteiger partial charge in [-0.3, -0.25) is 9.59 Å². The molecular weight excluding hydrogens is 212 g/mol. The van der Waals surface area contributed by atoms with Crippen LogP contribution < -0.4 is 0 Å². The van der Waals surface area contributed by atoms with E-state index in [1.165, 1.54) is 6.08 Å². The molecule has 1 aromatic rings. The molecule has 0 unspecified atom stereocenters. The average Bonchev–Trinajstić information content (AvgIpc) is 2.32. The molecule has 0 bridgehead atoms. The predicted octanol–water partition coefficient (Wildman–Crippen LogP) is 3.12. The zero-order valence-electron chi connectivity index (χ0n) is 9.57. The summed E-state index contributed by atoms with van der Waals surface area (Å²) in [6.07, 6.45) is 4.74. The molecule has 0 amide bonds. The molecule has 0 aliphatic heterocycles. The van der Waals surface area contributed by atoms with Crippen molar-refractivity contribution in [3.05, 3.63) is 71.3 Å². The number of fused-ring (bicyclic) bond motifs is 1. The van der Waals surface area contributed by atoms with E-state index in [9.17, 15) is 9.59 Å². The Morgan fingerprint density at radius 2 is 1.82 bits per heavy atom. The summed E-state index contributed by atoms with van der Waals surface area (Å²) in [6, 6.07) is 6.87. The Balaban J connectivity index is 2.45. The highest BCUT2D eigenvalue weighted by Gasteiger charge is 2.23. The molecule has 0 fully saturated rings. The van der Waals surface area contributed by atoms with Gasteiger partial charge in [0.2, 0.25) is 0 Å². The van der Waals surface area contributed by atoms with Crippen LogP contribution in [-0.2, 0) is 0 Å². The van der Waals surface area contributed by atoms with Gasteiger partial charge in [-0.05, 0) is 13.0 Å². The summed E-state index contributed by atoms with van der Waals surface area (Å²) in [4.78, 5) is 23.9. The van der Waals surface area contributed by atoms with E-state index in [-0.39, 0.29) is 11.6 Å². The summed E-state index contributed by atoms with van der Waals surface area (Å²) in [6.45, 7) is 5.55. The number of allylic oxidation sites excluding steroid dienone is 5. The van der Waals surface area contributed by atoms with Crippen molar-refractivity contribution in [2.24, 2.45) is 0 Å². The number of ketones is 2. The Bertz CT molecular complexity index is 574. The van der Waals surface area contributed by atoms with Crippen LogP contribution in [0.15, 0.2) is 60.2 Å². The number of carbonyl (C=O) groups excluding carboxylic acids is 2. The van der Waals surface area contributed by atoms with Crippen LogP contribution in [-0.4, -0.2) is 11.6 Å². The fraction of sp³-hybridized carbons (Fsp3) is 0.0667. The Labute approximate surface area is 100.0 Å². The van der Waals surface area contributed by atoms with Crippen molar-refractivity contribution in [3.8, 4) is 0 Å². The standard InChI is InChI=1S/C15H12O2/c1-10(2)7-8-11-9-14(16)12-5-3-4-6-13(12)15(11)17/h3-9H,1H2,2H3. The highest BCUT2D eigenvalue weighted by atomic mass is 16.1. The van der Waals surface area contributed by atoms with Crippen LogP contribution in [0.5, 0.6) is 0 Å². The van der Waals surface area contributed by atoms with Crippen molar-refractivity contribution in [2.45, 2.75) is 6.92 Å². The first-order chi connectivity index (χ1) is 8.09. The second-order valence-electron chi connectivity index (χ2n) is 4.02. The lowest BCUT2D eigenvalue weighted by Gasteiger charge is -2.12. The quantitative estimate of drug-likeness (QED) is 0.723. The lowest BCUT2D eigenvalue weighted by atomic mass is 9.89. The van der Waals surface area contributed by atoms with Crippen molar-refractivity contribution >= 4 is 11.6 Å². The molecule has 84 valence electrons. The minimum absolute atomic E-state index is 0.113. The molecule has 1 aliphatic carbocycles. The molecule has 0 saturated heterocycles. The van der Waals surface area contributed by atoms with Crippen LogP contribution in [0.2, 0.25) is 0 Å². The molecule has 1 aliphatic rings. The van der Waals surface area contributed by atoms with Gasteiger partial charge in [-0.15, -0.1) is 0 Å². The third-order valence-electron chi connectivity index (χ3n) is 2.53. The van der Waals surface area contributed by atoms with E-state index >= 15 is 0 Å². The zero-order chi connectivity index (χ0) is 12.4. The summed E-state index contributed by atoms with van der Waals surface area (Å²) >= 11 is 0. The molecule has 2 nitrogen and oxygen atoms in total. The Hall–Kier alpha value is -2.22. The number of hydrogen-bond donors (Lipinski definition) is 0. The van der Waals surface area contributed by atoms with Crippen LogP contribution in [0, 0.1) is 0 Å². The molecule has 1 aromatic carbocycles. The highest BCUT2D eigenvalue weighted by Crippen LogP contribution is 2.21. The van der Waals surface area contributed by atoms with Gasteiger partial charge in [0.05, 0.1) is 0 Å². The van der Waals surface area contributed by atoms with Crippen molar-refractivity contribution in [1.82, 2.24) is 0 Å². The third kappa shape index (κ3) is 2.16. The number of carbonyl (C=O) groups is 2. The molecule has 2 heteroatoms. The van der Waals surface area contributed by atoms with Gasteiger partial charge in [0.15, 0.2) is 11.6 Å². The molecule has 17 heavy (non-hydrogen) atoms. The normalized spacial score (nSPS) is 14.8.